The summed E-state index contributed by atoms with van der Waals surface area (Å²) < 4.78 is 28.5. The highest BCUT2D eigenvalue weighted by molar-refractivity contribution is 5.86. The summed E-state index contributed by atoms with van der Waals surface area (Å²) in [4.78, 5) is 35.4. The van der Waals surface area contributed by atoms with Crippen molar-refractivity contribution >= 4 is 17.8 Å². The number of fused-ring (bicyclic) bond motifs is 1. The summed E-state index contributed by atoms with van der Waals surface area (Å²) in [6.45, 7) is -0.587. The van der Waals surface area contributed by atoms with Crippen LogP contribution in [0.4, 0.5) is 4.39 Å². The molecule has 0 fully saturated rings. The molecule has 0 saturated heterocycles. The van der Waals surface area contributed by atoms with Crippen molar-refractivity contribution < 1.29 is 33.0 Å². The Balaban J connectivity index is 1.37. The molecule has 1 heterocycles. The lowest BCUT2D eigenvalue weighted by Crippen LogP contribution is -2.51. The number of esters is 1. The van der Waals surface area contributed by atoms with Gasteiger partial charge in [0.2, 0.25) is 6.10 Å². The minimum atomic E-state index is -0.934. The Morgan fingerprint density at radius 1 is 1.04 bits per heavy atom. The molecular weight excluding hydrogens is 371 g/mol. The molecule has 2 aromatic carbocycles. The average molecular weight is 388 g/mol. The Morgan fingerprint density at radius 2 is 1.75 bits per heavy atom. The second kappa shape index (κ2) is 8.85. The fourth-order valence-electron chi connectivity index (χ4n) is 2.36. The van der Waals surface area contributed by atoms with Gasteiger partial charge < -0.3 is 14.2 Å². The molecule has 2 amide bonds. The Labute approximate surface area is 159 Å². The van der Waals surface area contributed by atoms with Crippen LogP contribution in [-0.4, -0.2) is 37.1 Å². The SMILES string of the molecule is O=C(COC(=O)Cc1ccc(F)cc1)NNC(=O)[C@H]1COc2ccccc2O1. The van der Waals surface area contributed by atoms with Crippen molar-refractivity contribution in [3.05, 3.63) is 59.9 Å². The van der Waals surface area contributed by atoms with Crippen LogP contribution in [0.5, 0.6) is 11.5 Å². The van der Waals surface area contributed by atoms with Crippen LogP contribution in [0.15, 0.2) is 48.5 Å². The molecule has 146 valence electrons. The second-order valence-corrected chi connectivity index (χ2v) is 5.87. The Hall–Kier alpha value is -3.62. The number of nitrogens with one attached hydrogen (secondary N) is 2. The van der Waals surface area contributed by atoms with E-state index in [4.69, 9.17) is 14.2 Å². The van der Waals surface area contributed by atoms with Crippen LogP contribution in [-0.2, 0) is 25.5 Å². The topological polar surface area (TPSA) is 103 Å². The van der Waals surface area contributed by atoms with Gasteiger partial charge in [0.05, 0.1) is 6.42 Å². The number of amides is 2. The highest BCUT2D eigenvalue weighted by atomic mass is 19.1. The third-order valence-corrected chi connectivity index (χ3v) is 3.75. The first kappa shape index (κ1) is 19.2. The minimum Gasteiger partial charge on any atom is -0.485 e. The maximum absolute atomic E-state index is 12.8. The molecule has 0 bridgehead atoms. The number of hydrogen-bond acceptors (Lipinski definition) is 6. The zero-order chi connectivity index (χ0) is 19.9. The van der Waals surface area contributed by atoms with Crippen molar-refractivity contribution in [2.24, 2.45) is 0 Å². The lowest BCUT2D eigenvalue weighted by atomic mass is 10.1. The molecule has 1 aliphatic rings. The van der Waals surface area contributed by atoms with Gasteiger partial charge in [-0.2, -0.15) is 0 Å². The van der Waals surface area contributed by atoms with Crippen LogP contribution in [0.2, 0.25) is 0 Å². The largest absolute Gasteiger partial charge is 0.485 e. The lowest BCUT2D eigenvalue weighted by molar-refractivity contribution is -0.148. The predicted molar refractivity (Wildman–Crippen MR) is 93.7 cm³/mol. The molecule has 0 spiro atoms. The van der Waals surface area contributed by atoms with Crippen LogP contribution in [0.1, 0.15) is 5.56 Å². The van der Waals surface area contributed by atoms with Crippen LogP contribution in [0.25, 0.3) is 0 Å². The molecule has 2 N–H and O–H groups in total. The number of carbonyl (C=O) groups is 3. The summed E-state index contributed by atoms with van der Waals surface area (Å²) in [5.41, 5.74) is 4.87. The van der Waals surface area contributed by atoms with Gasteiger partial charge in [0.15, 0.2) is 18.1 Å². The maximum atomic E-state index is 12.8. The monoisotopic (exact) mass is 388 g/mol. The summed E-state index contributed by atoms with van der Waals surface area (Å²) >= 11 is 0. The molecule has 0 radical (unpaired) electrons. The molecule has 1 aliphatic heterocycles. The first-order chi connectivity index (χ1) is 13.5. The molecule has 0 aromatic heterocycles. The molecule has 2 aromatic rings. The molecule has 0 unspecified atom stereocenters. The van der Waals surface area contributed by atoms with Crippen LogP contribution < -0.4 is 20.3 Å². The quantitative estimate of drug-likeness (QED) is 0.583. The molecule has 1 atom stereocenters. The van der Waals surface area contributed by atoms with Crippen LogP contribution in [0, 0.1) is 5.82 Å². The van der Waals surface area contributed by atoms with E-state index in [1.165, 1.54) is 24.3 Å². The first-order valence-electron chi connectivity index (χ1n) is 8.38. The van der Waals surface area contributed by atoms with Gasteiger partial charge in [-0.05, 0) is 29.8 Å². The van der Waals surface area contributed by atoms with E-state index in [0.717, 1.165) is 0 Å². The summed E-state index contributed by atoms with van der Waals surface area (Å²) in [7, 11) is 0. The van der Waals surface area contributed by atoms with Crippen LogP contribution >= 0.6 is 0 Å². The zero-order valence-electron chi connectivity index (χ0n) is 14.6. The highest BCUT2D eigenvalue weighted by Gasteiger charge is 2.27. The van der Waals surface area contributed by atoms with Gasteiger partial charge in [0.1, 0.15) is 12.4 Å². The van der Waals surface area contributed by atoms with Crippen molar-refractivity contribution in [3.63, 3.8) is 0 Å². The van der Waals surface area contributed by atoms with E-state index in [1.54, 1.807) is 24.3 Å². The smallest absolute Gasteiger partial charge is 0.310 e. The molecule has 3 rings (SSSR count). The van der Waals surface area contributed by atoms with Crippen molar-refractivity contribution in [2.75, 3.05) is 13.2 Å². The maximum Gasteiger partial charge on any atom is 0.310 e. The van der Waals surface area contributed by atoms with Crippen molar-refractivity contribution in [2.45, 2.75) is 12.5 Å². The highest BCUT2D eigenvalue weighted by Crippen LogP contribution is 2.30. The number of rotatable bonds is 5. The lowest BCUT2D eigenvalue weighted by Gasteiger charge is -2.25. The van der Waals surface area contributed by atoms with Crippen molar-refractivity contribution in [3.8, 4) is 11.5 Å². The van der Waals surface area contributed by atoms with Crippen molar-refractivity contribution in [1.82, 2.24) is 10.9 Å². The Morgan fingerprint density at radius 3 is 2.50 bits per heavy atom. The zero-order valence-corrected chi connectivity index (χ0v) is 14.6. The summed E-state index contributed by atoms with van der Waals surface area (Å²) in [5, 5.41) is 0. The summed E-state index contributed by atoms with van der Waals surface area (Å²) in [6, 6.07) is 12.2. The van der Waals surface area contributed by atoms with Crippen LogP contribution in [0.3, 0.4) is 0 Å². The third kappa shape index (κ3) is 5.19. The number of carbonyl (C=O) groups excluding carboxylic acids is 3. The van der Waals surface area contributed by atoms with E-state index >= 15 is 0 Å². The number of benzene rings is 2. The number of ether oxygens (including phenoxy) is 3. The standard InChI is InChI=1S/C19H17FN2O6/c20-13-7-5-12(6-8-13)9-18(24)27-11-17(23)21-22-19(25)16-10-26-14-3-1-2-4-15(14)28-16/h1-8,16H,9-11H2,(H,21,23)(H,22,25)/t16-/m1/s1. The van der Waals surface area contributed by atoms with Gasteiger partial charge >= 0.3 is 5.97 Å². The van der Waals surface area contributed by atoms with E-state index in [1.807, 2.05) is 0 Å². The van der Waals surface area contributed by atoms with E-state index in [9.17, 15) is 18.8 Å². The normalized spacial score (nSPS) is 14.7. The number of halogens is 1. The van der Waals surface area contributed by atoms with Gasteiger partial charge in [-0.1, -0.05) is 24.3 Å². The van der Waals surface area contributed by atoms with Gasteiger partial charge in [-0.3, -0.25) is 25.2 Å². The van der Waals surface area contributed by atoms with Gasteiger partial charge in [-0.25, -0.2) is 4.39 Å². The van der Waals surface area contributed by atoms with E-state index in [-0.39, 0.29) is 13.0 Å². The average Bonchev–Trinajstić information content (AvgIpc) is 2.71. The molecule has 8 nitrogen and oxygen atoms in total. The number of para-hydroxylation sites is 2. The van der Waals surface area contributed by atoms with E-state index in [2.05, 4.69) is 10.9 Å². The number of hydrogen-bond donors (Lipinski definition) is 2. The Kier molecular flexibility index (Phi) is 6.05. The van der Waals surface area contributed by atoms with E-state index < -0.39 is 36.3 Å². The summed E-state index contributed by atoms with van der Waals surface area (Å²) in [5.74, 6) is -1.45. The van der Waals surface area contributed by atoms with Gasteiger partial charge in [0.25, 0.3) is 11.8 Å². The molecule has 9 heteroatoms. The first-order valence-corrected chi connectivity index (χ1v) is 8.38. The van der Waals surface area contributed by atoms with Gasteiger partial charge in [-0.15, -0.1) is 0 Å². The van der Waals surface area contributed by atoms with Gasteiger partial charge in [0, 0.05) is 0 Å². The number of hydrazine groups is 1. The minimum absolute atomic E-state index is 0.00856. The predicted octanol–water partition coefficient (Wildman–Crippen LogP) is 0.899. The van der Waals surface area contributed by atoms with E-state index in [0.29, 0.717) is 17.1 Å². The Bertz CT molecular complexity index is 871. The summed E-state index contributed by atoms with van der Waals surface area (Å²) in [6.07, 6.45) is -1.04. The molecule has 0 saturated carbocycles. The second-order valence-electron chi connectivity index (χ2n) is 5.87. The third-order valence-electron chi connectivity index (χ3n) is 3.75. The fraction of sp³-hybridized carbons (Fsp3) is 0.211. The molecular formula is C19H17FN2O6. The molecule has 0 aliphatic carbocycles. The molecule has 28 heavy (non-hydrogen) atoms. The van der Waals surface area contributed by atoms with Crippen molar-refractivity contribution in [1.29, 1.82) is 0 Å². The fourth-order valence-corrected chi connectivity index (χ4v) is 2.36.